The molecule has 4 nitrogen and oxygen atoms in total. The van der Waals surface area contributed by atoms with E-state index in [1.807, 2.05) is 0 Å². The van der Waals surface area contributed by atoms with Gasteiger partial charge in [-0.25, -0.2) is 0 Å². The molecular weight excluding hydrogens is 508 g/mol. The Morgan fingerprint density at radius 3 is 1.39 bits per heavy atom. The Balaban J connectivity index is 4.00. The van der Waals surface area contributed by atoms with Crippen LogP contribution in [0.15, 0.2) is 48.6 Å². The zero-order valence-electron chi connectivity index (χ0n) is 26.9. The number of ketones is 2. The molecule has 0 rings (SSSR count). The molecule has 0 radical (unpaired) electrons. The molecule has 0 bridgehead atoms. The van der Waals surface area contributed by atoms with E-state index in [4.69, 9.17) is 4.74 Å². The Kier molecular flexibility index (Phi) is 29.1. The number of Topliss-reactive ketones (excluding diaryl/α,β-unsaturated/α-hetero) is 2. The lowest BCUT2D eigenvalue weighted by molar-refractivity contribution is -0.153. The molecule has 0 saturated carbocycles. The van der Waals surface area contributed by atoms with Crippen molar-refractivity contribution < 1.29 is 19.1 Å². The largest absolute Gasteiger partial charge is 0.468 e. The van der Waals surface area contributed by atoms with Crippen molar-refractivity contribution in [3.8, 4) is 0 Å². The van der Waals surface area contributed by atoms with Crippen LogP contribution in [-0.2, 0) is 19.1 Å². The highest BCUT2D eigenvalue weighted by molar-refractivity contribution is 6.41. The van der Waals surface area contributed by atoms with Gasteiger partial charge in [0, 0.05) is 6.42 Å². The second-order valence-electron chi connectivity index (χ2n) is 11.2. The van der Waals surface area contributed by atoms with Crippen molar-refractivity contribution >= 4 is 17.5 Å². The maximum Gasteiger partial charge on any atom is 0.316 e. The summed E-state index contributed by atoms with van der Waals surface area (Å²) in [7, 11) is 1.29. The van der Waals surface area contributed by atoms with Crippen molar-refractivity contribution in [1.82, 2.24) is 0 Å². The van der Waals surface area contributed by atoms with Gasteiger partial charge in [-0.3, -0.25) is 14.4 Å². The van der Waals surface area contributed by atoms with Crippen molar-refractivity contribution in [2.24, 2.45) is 5.92 Å². The van der Waals surface area contributed by atoms with Gasteiger partial charge in [0.15, 0.2) is 5.78 Å². The van der Waals surface area contributed by atoms with Crippen LogP contribution in [0.2, 0.25) is 0 Å². The minimum absolute atomic E-state index is 0.227. The summed E-state index contributed by atoms with van der Waals surface area (Å²) in [5, 5.41) is 0. The first-order valence-corrected chi connectivity index (χ1v) is 16.8. The number of esters is 1. The van der Waals surface area contributed by atoms with Crippen molar-refractivity contribution in [3.05, 3.63) is 48.6 Å². The molecule has 0 aromatic carbocycles. The van der Waals surface area contributed by atoms with Crippen LogP contribution >= 0.6 is 0 Å². The predicted molar refractivity (Wildman–Crippen MR) is 175 cm³/mol. The molecule has 0 spiro atoms. The summed E-state index contributed by atoms with van der Waals surface area (Å²) in [5.74, 6) is -2.50. The molecule has 41 heavy (non-hydrogen) atoms. The number of hydrogen-bond acceptors (Lipinski definition) is 4. The number of rotatable bonds is 29. The van der Waals surface area contributed by atoms with Gasteiger partial charge in [0.25, 0.3) is 0 Å². The Morgan fingerprint density at radius 2 is 0.951 bits per heavy atom. The van der Waals surface area contributed by atoms with E-state index in [0.717, 1.165) is 70.6 Å². The van der Waals surface area contributed by atoms with E-state index in [2.05, 4.69) is 62.5 Å². The molecule has 234 valence electrons. The third-order valence-electron chi connectivity index (χ3n) is 7.37. The third kappa shape index (κ3) is 25.2. The molecule has 0 N–H and O–H groups in total. The van der Waals surface area contributed by atoms with E-state index in [-0.39, 0.29) is 6.42 Å². The fourth-order valence-corrected chi connectivity index (χ4v) is 4.72. The van der Waals surface area contributed by atoms with Gasteiger partial charge in [-0.05, 0) is 77.0 Å². The zero-order valence-corrected chi connectivity index (χ0v) is 26.9. The number of carbonyl (C=O) groups is 3. The second kappa shape index (κ2) is 30.7. The van der Waals surface area contributed by atoms with E-state index in [0.29, 0.717) is 12.8 Å². The molecule has 1 unspecified atom stereocenters. The molecule has 0 aliphatic carbocycles. The first-order valence-electron chi connectivity index (χ1n) is 16.8. The molecule has 1 atom stereocenters. The van der Waals surface area contributed by atoms with E-state index >= 15 is 0 Å². The molecule has 4 heteroatoms. The van der Waals surface area contributed by atoms with Crippen LogP contribution in [-0.4, -0.2) is 24.6 Å². The summed E-state index contributed by atoms with van der Waals surface area (Å²) in [4.78, 5) is 37.4. The SMILES string of the molecule is CCCCC/C=C\C/C=C\CCCCCCC(=O)C(=O)C(CCCCCC/C=C\C/C=C\CCCCC)C(=O)OC. The lowest BCUT2D eigenvalue weighted by atomic mass is 9.92. The van der Waals surface area contributed by atoms with Crippen LogP contribution in [0.25, 0.3) is 0 Å². The summed E-state index contributed by atoms with van der Waals surface area (Å²) < 4.78 is 4.84. The Labute approximate surface area is 253 Å². The molecule has 0 fully saturated rings. The first-order chi connectivity index (χ1) is 20.1. The van der Waals surface area contributed by atoms with Gasteiger partial charge in [0.1, 0.15) is 5.92 Å². The number of ether oxygens (including phenoxy) is 1. The van der Waals surface area contributed by atoms with Crippen LogP contribution in [0.1, 0.15) is 155 Å². The average Bonchev–Trinajstić information content (AvgIpc) is 2.98. The summed E-state index contributed by atoms with van der Waals surface area (Å²) in [6.07, 6.45) is 40.4. The molecule has 0 aliphatic rings. The molecule has 0 saturated heterocycles. The molecule has 0 aliphatic heterocycles. The number of carbonyl (C=O) groups excluding carboxylic acids is 3. The lowest BCUT2D eigenvalue weighted by Gasteiger charge is -2.12. The van der Waals surface area contributed by atoms with Crippen molar-refractivity contribution in [3.63, 3.8) is 0 Å². The average molecular weight is 571 g/mol. The Morgan fingerprint density at radius 1 is 0.537 bits per heavy atom. The van der Waals surface area contributed by atoms with Gasteiger partial charge in [-0.2, -0.15) is 0 Å². The predicted octanol–water partition coefficient (Wildman–Crippen LogP) is 10.8. The van der Waals surface area contributed by atoms with Gasteiger partial charge < -0.3 is 4.74 Å². The summed E-state index contributed by atoms with van der Waals surface area (Å²) in [6, 6.07) is 0. The topological polar surface area (TPSA) is 60.4 Å². The number of methoxy groups -OCH3 is 1. The van der Waals surface area contributed by atoms with Gasteiger partial charge in [-0.15, -0.1) is 0 Å². The van der Waals surface area contributed by atoms with Gasteiger partial charge in [0.2, 0.25) is 5.78 Å². The summed E-state index contributed by atoms with van der Waals surface area (Å²) in [5.41, 5.74) is 0. The molecule has 0 aromatic heterocycles. The fraction of sp³-hybridized carbons (Fsp3) is 0.703. The van der Waals surface area contributed by atoms with Gasteiger partial charge in [0.05, 0.1) is 7.11 Å². The van der Waals surface area contributed by atoms with E-state index in [1.54, 1.807) is 0 Å². The number of allylic oxidation sites excluding steroid dienone is 8. The van der Waals surface area contributed by atoms with Crippen LogP contribution < -0.4 is 0 Å². The number of unbranched alkanes of at least 4 members (excludes halogenated alkanes) is 14. The van der Waals surface area contributed by atoms with Crippen LogP contribution in [0.4, 0.5) is 0 Å². The first kappa shape index (κ1) is 38.8. The van der Waals surface area contributed by atoms with Crippen molar-refractivity contribution in [2.45, 2.75) is 155 Å². The van der Waals surface area contributed by atoms with Gasteiger partial charge in [-0.1, -0.05) is 120 Å². The maximum absolute atomic E-state index is 12.7. The standard InChI is InChI=1S/C37H62O4/c1-4-6-8-10-12-14-16-18-20-22-24-26-28-30-32-34(37(40)41-3)36(39)35(38)33-31-29-27-25-23-21-19-17-15-13-11-9-7-5-2/h12-15,18-21,34H,4-11,16-17,22-33H2,1-3H3/b14-12-,15-13-,20-18-,21-19-. The van der Waals surface area contributed by atoms with Crippen LogP contribution in [0, 0.1) is 5.92 Å². The fourth-order valence-electron chi connectivity index (χ4n) is 4.72. The normalized spacial score (nSPS) is 12.8. The minimum Gasteiger partial charge on any atom is -0.468 e. The highest BCUT2D eigenvalue weighted by Crippen LogP contribution is 2.17. The van der Waals surface area contributed by atoms with E-state index < -0.39 is 23.5 Å². The lowest BCUT2D eigenvalue weighted by Crippen LogP contribution is -2.31. The Bertz CT molecular complexity index is 759. The molecule has 0 aromatic rings. The molecule has 0 heterocycles. The summed E-state index contributed by atoms with van der Waals surface area (Å²) in [6.45, 7) is 4.45. The molecular formula is C37H62O4. The monoisotopic (exact) mass is 570 g/mol. The maximum atomic E-state index is 12.7. The van der Waals surface area contributed by atoms with E-state index in [1.165, 1.54) is 58.5 Å². The van der Waals surface area contributed by atoms with Crippen LogP contribution in [0.5, 0.6) is 0 Å². The van der Waals surface area contributed by atoms with E-state index in [9.17, 15) is 14.4 Å². The van der Waals surface area contributed by atoms with Crippen molar-refractivity contribution in [1.29, 1.82) is 0 Å². The summed E-state index contributed by atoms with van der Waals surface area (Å²) >= 11 is 0. The smallest absolute Gasteiger partial charge is 0.316 e. The zero-order chi connectivity index (χ0) is 30.2. The quantitative estimate of drug-likeness (QED) is 0.0295. The van der Waals surface area contributed by atoms with Gasteiger partial charge >= 0.3 is 5.97 Å². The third-order valence-corrected chi connectivity index (χ3v) is 7.37. The second-order valence-corrected chi connectivity index (χ2v) is 11.2. The van der Waals surface area contributed by atoms with Crippen molar-refractivity contribution in [2.75, 3.05) is 7.11 Å². The Hall–Kier alpha value is -2.23. The molecule has 0 amide bonds. The number of hydrogen-bond donors (Lipinski definition) is 0. The highest BCUT2D eigenvalue weighted by atomic mass is 16.5. The minimum atomic E-state index is -0.942. The van der Waals surface area contributed by atoms with Crippen LogP contribution in [0.3, 0.4) is 0 Å². The highest BCUT2D eigenvalue weighted by Gasteiger charge is 2.31.